The van der Waals surface area contributed by atoms with E-state index in [1.54, 1.807) is 46.9 Å². The van der Waals surface area contributed by atoms with E-state index >= 15 is 0 Å². The van der Waals surface area contributed by atoms with Crippen LogP contribution in [0, 0.1) is 33.1 Å². The molecule has 0 unspecified atom stereocenters. The smallest absolute Gasteiger partial charge is 0.258 e. The fourth-order valence-electron chi connectivity index (χ4n) is 8.76. The van der Waals surface area contributed by atoms with Crippen molar-refractivity contribution in [2.75, 3.05) is 26.3 Å². The third kappa shape index (κ3) is 11.5. The SMILES string of the molecule is Cc1ncsc1-c1ccc([C@H](C)NC(=O)[C@@H]2C[C@@H](O)CN2C(=O)[C@@H](NC(=O)COc2cccc(OCCNC(=O)C[C@@H]3N=C(c4ccc(Cl)cc4)c4c(sc(C)c4C)-n4c(C)nnc43)c2)C(C)(C)C)cc1. The molecule has 0 bridgehead atoms. The zero-order valence-electron chi connectivity index (χ0n) is 40.9. The average Bonchev–Trinajstić information content (AvgIpc) is 4.11. The lowest BCUT2D eigenvalue weighted by Gasteiger charge is -2.35. The summed E-state index contributed by atoms with van der Waals surface area (Å²) in [6, 6.07) is 19.2. The molecule has 2 aliphatic rings. The second kappa shape index (κ2) is 21.5. The number of aliphatic imine (C=N–C) groups is 1. The van der Waals surface area contributed by atoms with Gasteiger partial charge in [-0.1, -0.05) is 74.8 Å². The van der Waals surface area contributed by atoms with E-state index in [1.165, 1.54) is 4.90 Å². The number of β-amino-alcohol motifs (C(OH)–C–C–N with tert-alkyl or cyclic N) is 1. The number of hydrogen-bond acceptors (Lipinski definition) is 13. The van der Waals surface area contributed by atoms with Crippen molar-refractivity contribution in [1.82, 2.24) is 40.6 Å². The van der Waals surface area contributed by atoms with Crippen molar-refractivity contribution in [1.29, 1.82) is 0 Å². The molecule has 4 N–H and O–H groups in total. The van der Waals surface area contributed by atoms with Crippen molar-refractivity contribution in [3.05, 3.63) is 128 Å². The van der Waals surface area contributed by atoms with Gasteiger partial charge in [-0.2, -0.15) is 0 Å². The molecule has 71 heavy (non-hydrogen) atoms. The van der Waals surface area contributed by atoms with Crippen molar-refractivity contribution < 1.29 is 33.8 Å². The number of hydrogen-bond donors (Lipinski definition) is 4. The van der Waals surface area contributed by atoms with Crippen molar-refractivity contribution in [3.63, 3.8) is 0 Å². The number of thiophene rings is 1. The first kappa shape index (κ1) is 50.9. The zero-order valence-corrected chi connectivity index (χ0v) is 43.3. The predicted molar refractivity (Wildman–Crippen MR) is 275 cm³/mol. The van der Waals surface area contributed by atoms with Gasteiger partial charge in [0.1, 0.15) is 47.1 Å². The Balaban J connectivity index is 0.835. The highest BCUT2D eigenvalue weighted by Crippen LogP contribution is 2.40. The first-order valence-corrected chi connectivity index (χ1v) is 25.5. The molecule has 0 saturated carbocycles. The van der Waals surface area contributed by atoms with Gasteiger partial charge in [0, 0.05) is 40.1 Å². The number of likely N-dealkylation sites (tertiary alicyclic amines) is 1. The summed E-state index contributed by atoms with van der Waals surface area (Å²) in [5.41, 5.74) is 7.65. The Hall–Kier alpha value is -6.47. The van der Waals surface area contributed by atoms with E-state index in [9.17, 15) is 24.3 Å². The summed E-state index contributed by atoms with van der Waals surface area (Å²) in [6.07, 6.45) is -0.823. The molecule has 0 aliphatic carbocycles. The molecule has 6 aromatic rings. The number of aryl methyl sites for hydroxylation is 3. The summed E-state index contributed by atoms with van der Waals surface area (Å²) in [4.78, 5) is 68.0. The summed E-state index contributed by atoms with van der Waals surface area (Å²) >= 11 is 9.46. The summed E-state index contributed by atoms with van der Waals surface area (Å²) in [5, 5.41) is 29.9. The molecule has 1 saturated heterocycles. The summed E-state index contributed by atoms with van der Waals surface area (Å²) in [6.45, 7) is 15.2. The topological polar surface area (TPSA) is 202 Å². The summed E-state index contributed by atoms with van der Waals surface area (Å²) in [5.74, 6) is 0.421. The second-order valence-corrected chi connectivity index (χ2v) is 21.4. The third-order valence-electron chi connectivity index (χ3n) is 12.7. The molecule has 3 aromatic carbocycles. The molecule has 4 amide bonds. The van der Waals surface area contributed by atoms with E-state index in [0.717, 1.165) is 54.0 Å². The number of amides is 4. The maximum atomic E-state index is 14.2. The van der Waals surface area contributed by atoms with Crippen LogP contribution in [0.4, 0.5) is 0 Å². The van der Waals surface area contributed by atoms with Crippen molar-refractivity contribution >= 4 is 63.6 Å². The monoisotopic (exact) mass is 1020 g/mol. The number of carbonyl (C=O) groups excluding carboxylic acids is 4. The molecule has 19 heteroatoms. The number of ether oxygens (including phenoxy) is 2. The van der Waals surface area contributed by atoms with Crippen molar-refractivity contribution in [2.24, 2.45) is 10.4 Å². The molecule has 3 aromatic heterocycles. The van der Waals surface area contributed by atoms with Gasteiger partial charge in [-0.25, -0.2) is 4.98 Å². The fraction of sp³-hybridized carbons (Fsp3) is 0.385. The van der Waals surface area contributed by atoms with E-state index in [-0.39, 0.29) is 44.5 Å². The average molecular weight is 1020 g/mol. The van der Waals surface area contributed by atoms with Crippen LogP contribution >= 0.6 is 34.3 Å². The number of rotatable bonds is 16. The highest BCUT2D eigenvalue weighted by Gasteiger charge is 2.45. The van der Waals surface area contributed by atoms with Crippen molar-refractivity contribution in [3.8, 4) is 26.9 Å². The van der Waals surface area contributed by atoms with Crippen LogP contribution in [0.2, 0.25) is 5.02 Å². The molecular weight excluding hydrogens is 962 g/mol. The number of nitrogens with one attached hydrogen (secondary N) is 3. The standard InChI is InChI=1S/C52H58ClN9O7S2/c1-28-31(4)71-51-44(28)45(34-16-18-36(53)19-17-34)57-40(48-60-59-32(5)62(48)51)24-42(64)54-20-21-68-38-10-9-11-39(23-38)69-26-43(65)58-47(52(6,7)8)50(67)61-25-37(63)22-41(61)49(66)56-29(2)33-12-14-35(15-13-33)46-30(3)55-27-70-46/h9-19,23,27,29,37,40-41,47,63H,20-22,24-26H2,1-8H3,(H,54,64)(H,56,66)(H,58,65)/t29-,37+,40-,41-,47+/m0/s1. The van der Waals surface area contributed by atoms with Gasteiger partial charge < -0.3 is 35.4 Å². The van der Waals surface area contributed by atoms with E-state index in [1.807, 2.05) is 100 Å². The molecular formula is C52H58ClN9O7S2. The molecule has 0 spiro atoms. The van der Waals surface area contributed by atoms with Crippen LogP contribution in [-0.2, 0) is 19.2 Å². The van der Waals surface area contributed by atoms with Gasteiger partial charge in [0.2, 0.25) is 17.7 Å². The lowest BCUT2D eigenvalue weighted by molar-refractivity contribution is -0.144. The first-order chi connectivity index (χ1) is 33.9. The van der Waals surface area contributed by atoms with Crippen LogP contribution in [0.5, 0.6) is 11.5 Å². The van der Waals surface area contributed by atoms with Crippen LogP contribution in [0.3, 0.4) is 0 Å². The Morgan fingerprint density at radius 1 is 0.915 bits per heavy atom. The Labute approximate surface area is 425 Å². The minimum Gasteiger partial charge on any atom is -0.492 e. The second-order valence-electron chi connectivity index (χ2n) is 19.0. The van der Waals surface area contributed by atoms with Gasteiger partial charge in [-0.05, 0) is 81.0 Å². The van der Waals surface area contributed by atoms with E-state index in [0.29, 0.717) is 28.2 Å². The Morgan fingerprint density at radius 3 is 2.31 bits per heavy atom. The largest absolute Gasteiger partial charge is 0.492 e. The predicted octanol–water partition coefficient (Wildman–Crippen LogP) is 7.57. The van der Waals surface area contributed by atoms with Crippen LogP contribution < -0.4 is 25.4 Å². The van der Waals surface area contributed by atoms with Gasteiger partial charge in [0.25, 0.3) is 5.91 Å². The molecule has 1 fully saturated rings. The molecule has 2 aliphatic heterocycles. The third-order valence-corrected chi connectivity index (χ3v) is 15.1. The molecule has 8 rings (SSSR count). The van der Waals surface area contributed by atoms with Crippen LogP contribution in [0.1, 0.15) is 97.1 Å². The number of aromatic nitrogens is 4. The first-order valence-electron chi connectivity index (χ1n) is 23.4. The Kier molecular flexibility index (Phi) is 15.4. The number of thiazole rings is 1. The number of aliphatic hydroxyl groups excluding tert-OH is 1. The molecule has 372 valence electrons. The molecule has 0 radical (unpaired) electrons. The van der Waals surface area contributed by atoms with E-state index in [2.05, 4.69) is 45.0 Å². The lowest BCUT2D eigenvalue weighted by atomic mass is 9.85. The number of benzene rings is 3. The maximum Gasteiger partial charge on any atom is 0.258 e. The number of halogens is 1. The van der Waals surface area contributed by atoms with E-state index < -0.39 is 54.0 Å². The normalized spacial score (nSPS) is 17.3. The summed E-state index contributed by atoms with van der Waals surface area (Å²) < 4.78 is 13.8. The van der Waals surface area contributed by atoms with Gasteiger partial charge in [-0.15, -0.1) is 32.9 Å². The maximum absolute atomic E-state index is 14.2. The molecule has 16 nitrogen and oxygen atoms in total. The van der Waals surface area contributed by atoms with E-state index in [4.69, 9.17) is 26.1 Å². The number of carbonyl (C=O) groups is 4. The number of fused-ring (bicyclic) bond motifs is 3. The van der Waals surface area contributed by atoms with Gasteiger partial charge in [0.15, 0.2) is 12.4 Å². The van der Waals surface area contributed by atoms with Crippen LogP contribution in [0.15, 0.2) is 83.3 Å². The summed E-state index contributed by atoms with van der Waals surface area (Å²) in [7, 11) is 0. The van der Waals surface area contributed by atoms with Gasteiger partial charge in [0.05, 0.1) is 46.9 Å². The van der Waals surface area contributed by atoms with Crippen molar-refractivity contribution in [2.45, 2.75) is 98.5 Å². The lowest BCUT2D eigenvalue weighted by Crippen LogP contribution is -2.58. The number of aliphatic hydroxyl groups is 1. The molecule has 5 heterocycles. The molecule has 5 atom stereocenters. The quantitative estimate of drug-likeness (QED) is 0.0701. The highest BCUT2D eigenvalue weighted by molar-refractivity contribution is 7.15. The fourth-order valence-corrected chi connectivity index (χ4v) is 10.9. The zero-order chi connectivity index (χ0) is 50.7. The highest BCUT2D eigenvalue weighted by atomic mass is 35.5. The van der Waals surface area contributed by atoms with Crippen LogP contribution in [-0.4, -0.2) is 104 Å². The Morgan fingerprint density at radius 2 is 1.62 bits per heavy atom. The minimum absolute atomic E-state index is 0.0231. The minimum atomic E-state index is -1.03. The van der Waals surface area contributed by atoms with Gasteiger partial charge >= 0.3 is 0 Å². The van der Waals surface area contributed by atoms with Crippen LogP contribution in [0.25, 0.3) is 15.4 Å². The Bertz CT molecular complexity index is 2960. The number of nitrogens with zero attached hydrogens (tertiary/aromatic N) is 6. The van der Waals surface area contributed by atoms with Gasteiger partial charge in [-0.3, -0.25) is 28.7 Å².